The minimum atomic E-state index is -0.423. The first-order valence-electron chi connectivity index (χ1n) is 9.91. The van der Waals surface area contributed by atoms with Crippen molar-refractivity contribution in [3.8, 4) is 11.5 Å². The minimum Gasteiger partial charge on any atom is -0.493 e. The Kier molecular flexibility index (Phi) is 6.67. The van der Waals surface area contributed by atoms with Gasteiger partial charge in [0.15, 0.2) is 11.5 Å². The zero-order valence-electron chi connectivity index (χ0n) is 17.3. The maximum absolute atomic E-state index is 10.8. The number of fused-ring (bicyclic) bond motifs is 1. The van der Waals surface area contributed by atoms with Crippen molar-refractivity contribution < 1.29 is 14.4 Å². The molecule has 164 valence electrons. The summed E-state index contributed by atoms with van der Waals surface area (Å²) in [6.45, 7) is 1.33. The number of rotatable bonds is 9. The molecule has 0 aliphatic heterocycles. The Labute approximate surface area is 192 Å². The summed E-state index contributed by atoms with van der Waals surface area (Å²) in [5, 5.41) is 14.2. The van der Waals surface area contributed by atoms with Crippen molar-refractivity contribution in [3.63, 3.8) is 0 Å². The Bertz CT molecular complexity index is 1210. The first-order valence-corrected chi connectivity index (χ1v) is 10.7. The van der Waals surface area contributed by atoms with Crippen molar-refractivity contribution in [1.29, 1.82) is 0 Å². The molecule has 0 spiro atoms. The number of hydrogen-bond donors (Lipinski definition) is 2. The smallest absolute Gasteiger partial charge is 0.269 e. The van der Waals surface area contributed by atoms with Gasteiger partial charge >= 0.3 is 0 Å². The van der Waals surface area contributed by atoms with Crippen molar-refractivity contribution >= 4 is 32.7 Å². The fourth-order valence-electron chi connectivity index (χ4n) is 3.33. The number of benzene rings is 3. The Morgan fingerprint density at radius 3 is 2.59 bits per heavy atom. The molecule has 0 aliphatic carbocycles. The summed E-state index contributed by atoms with van der Waals surface area (Å²) < 4.78 is 12.5. The van der Waals surface area contributed by atoms with Crippen molar-refractivity contribution in [2.45, 2.75) is 19.7 Å². The normalized spacial score (nSPS) is 10.9. The Morgan fingerprint density at radius 2 is 1.88 bits per heavy atom. The number of para-hydroxylation sites is 2. The van der Waals surface area contributed by atoms with E-state index in [1.165, 1.54) is 12.1 Å². The fourth-order valence-corrected chi connectivity index (χ4v) is 3.78. The highest BCUT2D eigenvalue weighted by Gasteiger charge is 2.15. The predicted octanol–water partition coefficient (Wildman–Crippen LogP) is 5.11. The van der Waals surface area contributed by atoms with Gasteiger partial charge in [-0.25, -0.2) is 4.98 Å². The molecular weight excluding hydrogens is 476 g/mol. The monoisotopic (exact) mass is 496 g/mol. The first kappa shape index (κ1) is 21.8. The minimum absolute atomic E-state index is 0.0456. The molecule has 0 radical (unpaired) electrons. The van der Waals surface area contributed by atoms with Crippen molar-refractivity contribution in [3.05, 3.63) is 92.2 Å². The third kappa shape index (κ3) is 4.90. The molecule has 3 aromatic carbocycles. The highest BCUT2D eigenvalue weighted by molar-refractivity contribution is 9.10. The van der Waals surface area contributed by atoms with E-state index < -0.39 is 4.92 Å². The van der Waals surface area contributed by atoms with Gasteiger partial charge in [0.1, 0.15) is 12.4 Å². The Morgan fingerprint density at radius 1 is 1.09 bits per heavy atom. The van der Waals surface area contributed by atoms with Gasteiger partial charge in [-0.15, -0.1) is 0 Å². The molecule has 2 N–H and O–H groups in total. The Balaban J connectivity index is 1.47. The highest BCUT2D eigenvalue weighted by atomic mass is 79.9. The zero-order chi connectivity index (χ0) is 22.5. The summed E-state index contributed by atoms with van der Waals surface area (Å²) in [5.74, 6) is 2.06. The van der Waals surface area contributed by atoms with E-state index in [0.29, 0.717) is 24.6 Å². The standard InChI is InChI=1S/C23H21BrN4O4/c1-31-21-11-10-18(24)17(12-25-13-22-26-19-4-2-3-5-20(19)27-22)23(21)32-14-15-6-8-16(9-7-15)28(29)30/h2-11,25H,12-14H2,1H3,(H,26,27). The van der Waals surface area contributed by atoms with Crippen LogP contribution in [0.4, 0.5) is 5.69 Å². The van der Waals surface area contributed by atoms with Gasteiger partial charge in [0, 0.05) is 28.7 Å². The summed E-state index contributed by atoms with van der Waals surface area (Å²) in [4.78, 5) is 18.3. The first-order chi connectivity index (χ1) is 15.5. The topological polar surface area (TPSA) is 102 Å². The number of hydrogen-bond acceptors (Lipinski definition) is 6. The number of nitro benzene ring substituents is 1. The summed E-state index contributed by atoms with van der Waals surface area (Å²) >= 11 is 3.60. The third-order valence-electron chi connectivity index (χ3n) is 4.95. The largest absolute Gasteiger partial charge is 0.493 e. The summed E-state index contributed by atoms with van der Waals surface area (Å²) in [5.41, 5.74) is 3.70. The van der Waals surface area contributed by atoms with E-state index in [2.05, 4.69) is 31.2 Å². The molecule has 8 nitrogen and oxygen atoms in total. The van der Waals surface area contributed by atoms with Crippen LogP contribution in [-0.4, -0.2) is 22.0 Å². The average Bonchev–Trinajstić information content (AvgIpc) is 3.22. The quantitative estimate of drug-likeness (QED) is 0.246. The Hall–Kier alpha value is -3.43. The average molecular weight is 497 g/mol. The number of imidazole rings is 1. The molecule has 32 heavy (non-hydrogen) atoms. The molecule has 0 aliphatic rings. The number of aromatic amines is 1. The van der Waals surface area contributed by atoms with E-state index in [-0.39, 0.29) is 12.3 Å². The number of methoxy groups -OCH3 is 1. The van der Waals surface area contributed by atoms with E-state index in [4.69, 9.17) is 9.47 Å². The number of ether oxygens (including phenoxy) is 2. The number of halogens is 1. The van der Waals surface area contributed by atoms with Gasteiger partial charge in [0.25, 0.3) is 5.69 Å². The molecule has 9 heteroatoms. The van der Waals surface area contributed by atoms with Crippen LogP contribution in [0.2, 0.25) is 0 Å². The van der Waals surface area contributed by atoms with Crippen LogP contribution in [0.25, 0.3) is 11.0 Å². The van der Waals surface area contributed by atoms with Crippen LogP contribution < -0.4 is 14.8 Å². The highest BCUT2D eigenvalue weighted by Crippen LogP contribution is 2.37. The maximum atomic E-state index is 10.8. The van der Waals surface area contributed by atoms with E-state index in [1.54, 1.807) is 19.2 Å². The van der Waals surface area contributed by atoms with Crippen LogP contribution in [0.3, 0.4) is 0 Å². The number of nitro groups is 1. The zero-order valence-corrected chi connectivity index (χ0v) is 18.9. The lowest BCUT2D eigenvalue weighted by Gasteiger charge is -2.17. The number of H-pyrrole nitrogens is 1. The van der Waals surface area contributed by atoms with Gasteiger partial charge in [-0.3, -0.25) is 10.1 Å². The SMILES string of the molecule is COc1ccc(Br)c(CNCc2nc3ccccc3[nH]2)c1OCc1ccc([N+](=O)[O-])cc1. The van der Waals surface area contributed by atoms with E-state index in [0.717, 1.165) is 32.5 Å². The van der Waals surface area contributed by atoms with Gasteiger partial charge in [-0.05, 0) is 42.0 Å². The molecule has 0 saturated heterocycles. The lowest BCUT2D eigenvalue weighted by atomic mass is 10.1. The van der Waals surface area contributed by atoms with Crippen molar-refractivity contribution in [2.75, 3.05) is 7.11 Å². The summed E-state index contributed by atoms with van der Waals surface area (Å²) in [7, 11) is 1.59. The molecular formula is C23H21BrN4O4. The van der Waals surface area contributed by atoms with Gasteiger partial charge in [-0.1, -0.05) is 28.1 Å². The number of non-ortho nitro benzene ring substituents is 1. The van der Waals surface area contributed by atoms with E-state index in [9.17, 15) is 10.1 Å². The number of nitrogens with zero attached hydrogens (tertiary/aromatic N) is 2. The van der Waals surface area contributed by atoms with Crippen LogP contribution in [0.1, 0.15) is 17.0 Å². The van der Waals surface area contributed by atoms with Crippen LogP contribution >= 0.6 is 15.9 Å². The van der Waals surface area contributed by atoms with Crippen LogP contribution in [0.5, 0.6) is 11.5 Å². The van der Waals surface area contributed by atoms with Gasteiger partial charge in [0.2, 0.25) is 0 Å². The summed E-state index contributed by atoms with van der Waals surface area (Å²) in [6.07, 6.45) is 0. The molecule has 0 fully saturated rings. The van der Waals surface area contributed by atoms with Crippen LogP contribution in [0.15, 0.2) is 65.1 Å². The van der Waals surface area contributed by atoms with Gasteiger partial charge in [-0.2, -0.15) is 0 Å². The second-order valence-electron chi connectivity index (χ2n) is 7.07. The molecule has 0 unspecified atom stereocenters. The predicted molar refractivity (Wildman–Crippen MR) is 125 cm³/mol. The molecule has 4 rings (SSSR count). The lowest BCUT2D eigenvalue weighted by Crippen LogP contribution is -2.15. The van der Waals surface area contributed by atoms with Crippen molar-refractivity contribution in [2.24, 2.45) is 0 Å². The molecule has 1 heterocycles. The van der Waals surface area contributed by atoms with Crippen LogP contribution in [-0.2, 0) is 19.7 Å². The van der Waals surface area contributed by atoms with E-state index in [1.807, 2.05) is 36.4 Å². The second-order valence-corrected chi connectivity index (χ2v) is 7.93. The number of aromatic nitrogens is 2. The molecule has 0 atom stereocenters. The molecule has 4 aromatic rings. The second kappa shape index (κ2) is 9.80. The van der Waals surface area contributed by atoms with Gasteiger partial charge in [0.05, 0.1) is 29.6 Å². The maximum Gasteiger partial charge on any atom is 0.269 e. The molecule has 0 bridgehead atoms. The third-order valence-corrected chi connectivity index (χ3v) is 5.69. The molecule has 1 aromatic heterocycles. The van der Waals surface area contributed by atoms with Gasteiger partial charge < -0.3 is 19.8 Å². The molecule has 0 amide bonds. The summed E-state index contributed by atoms with van der Waals surface area (Å²) in [6, 6.07) is 17.9. The lowest BCUT2D eigenvalue weighted by molar-refractivity contribution is -0.384. The van der Waals surface area contributed by atoms with E-state index >= 15 is 0 Å². The molecule has 0 saturated carbocycles. The number of nitrogens with one attached hydrogen (secondary N) is 2. The van der Waals surface area contributed by atoms with Crippen LogP contribution in [0, 0.1) is 10.1 Å². The van der Waals surface area contributed by atoms with Crippen molar-refractivity contribution in [1.82, 2.24) is 15.3 Å². The fraction of sp³-hybridized carbons (Fsp3) is 0.174.